The molecule has 2 heterocycles. The molecule has 10 nitrogen and oxygen atoms in total. The van der Waals surface area contributed by atoms with Crippen LogP contribution in [0.3, 0.4) is 0 Å². The van der Waals surface area contributed by atoms with E-state index in [-0.39, 0.29) is 22.2 Å². The second-order valence-electron chi connectivity index (χ2n) is 9.45. The zero-order valence-electron chi connectivity index (χ0n) is 23.6. The SMILES string of the molecule is COC(=O)C(c1ccccc1Cl)N1CCc2sc(OC(=O)c3ccccc3OC(C)=O)cc2C1.O=S(=O)(O)c1ccccc1. The van der Waals surface area contributed by atoms with E-state index in [2.05, 4.69) is 0 Å². The van der Waals surface area contributed by atoms with Gasteiger partial charge in [0.1, 0.15) is 17.4 Å². The third kappa shape index (κ3) is 8.30. The number of ether oxygens (including phenoxy) is 3. The first-order chi connectivity index (χ1) is 21.0. The molecule has 1 N–H and O–H groups in total. The summed E-state index contributed by atoms with van der Waals surface area (Å²) < 4.78 is 45.0. The summed E-state index contributed by atoms with van der Waals surface area (Å²) in [5, 5.41) is 0.928. The van der Waals surface area contributed by atoms with Crippen molar-refractivity contribution >= 4 is 51.0 Å². The van der Waals surface area contributed by atoms with E-state index >= 15 is 0 Å². The number of nitrogens with zero attached hydrogens (tertiary/aromatic N) is 1. The average Bonchev–Trinajstić information content (AvgIpc) is 3.40. The molecule has 0 amide bonds. The molecule has 0 saturated carbocycles. The highest BCUT2D eigenvalue weighted by atomic mass is 35.5. The minimum absolute atomic E-state index is 0.0741. The lowest BCUT2D eigenvalue weighted by Crippen LogP contribution is -2.38. The molecular formula is C31H28ClNO9S2. The number of rotatable bonds is 7. The summed E-state index contributed by atoms with van der Waals surface area (Å²) in [6, 6.07) is 22.2. The lowest BCUT2D eigenvalue weighted by molar-refractivity contribution is -0.147. The van der Waals surface area contributed by atoms with Gasteiger partial charge in [0.25, 0.3) is 10.1 Å². The molecule has 1 aliphatic rings. The smallest absolute Gasteiger partial charge is 0.348 e. The molecule has 3 aromatic carbocycles. The van der Waals surface area contributed by atoms with Gasteiger partial charge in [0.05, 0.1) is 12.0 Å². The zero-order chi connectivity index (χ0) is 31.9. The molecule has 4 aromatic rings. The van der Waals surface area contributed by atoms with E-state index in [1.807, 2.05) is 23.1 Å². The van der Waals surface area contributed by atoms with Crippen molar-refractivity contribution in [3.05, 3.63) is 112 Å². The highest BCUT2D eigenvalue weighted by molar-refractivity contribution is 7.85. The van der Waals surface area contributed by atoms with Crippen molar-refractivity contribution < 1.29 is 41.6 Å². The molecule has 44 heavy (non-hydrogen) atoms. The van der Waals surface area contributed by atoms with Crippen LogP contribution in [-0.2, 0) is 37.4 Å². The average molecular weight is 658 g/mol. The van der Waals surface area contributed by atoms with E-state index in [0.717, 1.165) is 10.4 Å². The van der Waals surface area contributed by atoms with Crippen molar-refractivity contribution in [3.8, 4) is 10.8 Å². The molecule has 1 aliphatic heterocycles. The fourth-order valence-corrected chi connectivity index (χ4v) is 6.25. The van der Waals surface area contributed by atoms with Crippen molar-refractivity contribution in [3.63, 3.8) is 0 Å². The zero-order valence-corrected chi connectivity index (χ0v) is 26.0. The van der Waals surface area contributed by atoms with Gasteiger partial charge in [-0.05, 0) is 53.9 Å². The summed E-state index contributed by atoms with van der Waals surface area (Å²) in [5.74, 6) is -1.38. The highest BCUT2D eigenvalue weighted by Crippen LogP contribution is 2.38. The quantitative estimate of drug-likeness (QED) is 0.149. The van der Waals surface area contributed by atoms with E-state index < -0.39 is 28.1 Å². The molecule has 230 valence electrons. The van der Waals surface area contributed by atoms with Crippen LogP contribution in [0.1, 0.15) is 39.3 Å². The van der Waals surface area contributed by atoms with Crippen molar-refractivity contribution in [1.29, 1.82) is 0 Å². The van der Waals surface area contributed by atoms with Gasteiger partial charge in [0, 0.05) is 29.9 Å². The monoisotopic (exact) mass is 657 g/mol. The second-order valence-corrected chi connectivity index (χ2v) is 12.4. The molecule has 1 unspecified atom stereocenters. The number of fused-ring (bicyclic) bond motifs is 1. The summed E-state index contributed by atoms with van der Waals surface area (Å²) >= 11 is 7.77. The van der Waals surface area contributed by atoms with E-state index in [0.29, 0.717) is 35.2 Å². The first-order valence-electron chi connectivity index (χ1n) is 13.2. The number of thiophene rings is 1. The fraction of sp³-hybridized carbons (Fsp3) is 0.194. The second kappa shape index (κ2) is 14.6. The third-order valence-corrected chi connectivity index (χ3v) is 8.79. The number of carbonyl (C=O) groups excluding carboxylic acids is 3. The standard InChI is InChI=1S/C25H22ClNO6S.C6H6O3S/c1-15(28)32-20-10-6-4-8-18(20)24(29)33-22-13-16-14-27(12-11-21(16)34-22)23(25(30)31-2)17-7-3-5-9-19(17)26;7-10(8,9)6-4-2-1-3-5-6/h3-10,13,23H,11-12,14H2,1-2H3;1-5H,(H,7,8,9). The Morgan fingerprint density at radius 1 is 0.955 bits per heavy atom. The maximum atomic E-state index is 12.8. The predicted octanol–water partition coefficient (Wildman–Crippen LogP) is 5.75. The number of esters is 3. The number of para-hydroxylation sites is 1. The third-order valence-electron chi connectivity index (χ3n) is 6.46. The first kappa shape index (κ1) is 32.8. The number of hydrogen-bond acceptors (Lipinski definition) is 10. The number of benzene rings is 3. The Hall–Kier alpha value is -4.07. The number of hydrogen-bond donors (Lipinski definition) is 1. The van der Waals surface area contributed by atoms with Crippen LogP contribution in [0.2, 0.25) is 5.02 Å². The van der Waals surface area contributed by atoms with Crippen LogP contribution in [0.5, 0.6) is 10.8 Å². The molecule has 0 aliphatic carbocycles. The normalized spacial score (nSPS) is 13.5. The fourth-order valence-electron chi connectivity index (χ4n) is 4.50. The molecule has 0 spiro atoms. The molecule has 5 rings (SSSR count). The minimum Gasteiger partial charge on any atom is -0.468 e. The van der Waals surface area contributed by atoms with Crippen molar-refractivity contribution in [2.24, 2.45) is 0 Å². The number of carbonyl (C=O) groups is 3. The lowest BCUT2D eigenvalue weighted by atomic mass is 10.0. The van der Waals surface area contributed by atoms with Gasteiger partial charge in [0.2, 0.25) is 0 Å². The molecule has 1 aromatic heterocycles. The molecule has 0 radical (unpaired) electrons. The van der Waals surface area contributed by atoms with Gasteiger partial charge in [-0.1, -0.05) is 60.1 Å². The summed E-state index contributed by atoms with van der Waals surface area (Å²) in [7, 11) is -2.64. The number of halogens is 1. The van der Waals surface area contributed by atoms with Gasteiger partial charge in [-0.3, -0.25) is 14.2 Å². The van der Waals surface area contributed by atoms with Crippen LogP contribution in [0.4, 0.5) is 0 Å². The highest BCUT2D eigenvalue weighted by Gasteiger charge is 2.33. The van der Waals surface area contributed by atoms with Crippen LogP contribution >= 0.6 is 22.9 Å². The molecular weight excluding hydrogens is 630 g/mol. The maximum absolute atomic E-state index is 12.8. The molecule has 0 saturated heterocycles. The van der Waals surface area contributed by atoms with Gasteiger partial charge < -0.3 is 14.2 Å². The van der Waals surface area contributed by atoms with Crippen LogP contribution in [0.25, 0.3) is 0 Å². The summed E-state index contributed by atoms with van der Waals surface area (Å²) in [6.07, 6.45) is 0.680. The minimum atomic E-state index is -4.00. The lowest BCUT2D eigenvalue weighted by Gasteiger charge is -2.33. The van der Waals surface area contributed by atoms with Crippen LogP contribution < -0.4 is 9.47 Å². The topological polar surface area (TPSA) is 137 Å². The summed E-state index contributed by atoms with van der Waals surface area (Å²) in [6.45, 7) is 2.35. The van der Waals surface area contributed by atoms with Crippen molar-refractivity contribution in [2.45, 2.75) is 30.8 Å². The van der Waals surface area contributed by atoms with Crippen molar-refractivity contribution in [1.82, 2.24) is 4.90 Å². The summed E-state index contributed by atoms with van der Waals surface area (Å²) in [5.41, 5.74) is 1.81. The van der Waals surface area contributed by atoms with Gasteiger partial charge >= 0.3 is 17.9 Å². The predicted molar refractivity (Wildman–Crippen MR) is 164 cm³/mol. The Bertz CT molecular complexity index is 1760. The van der Waals surface area contributed by atoms with Gasteiger partial charge in [0.15, 0.2) is 5.06 Å². The Balaban J connectivity index is 0.000000375. The first-order valence-corrected chi connectivity index (χ1v) is 15.8. The molecule has 0 bridgehead atoms. The van der Waals surface area contributed by atoms with Crippen molar-refractivity contribution in [2.75, 3.05) is 13.7 Å². The Morgan fingerprint density at radius 2 is 1.61 bits per heavy atom. The molecule has 0 fully saturated rings. The number of methoxy groups -OCH3 is 1. The molecule has 1 atom stereocenters. The Kier molecular flexibility index (Phi) is 10.9. The van der Waals surface area contributed by atoms with E-state index in [4.69, 9.17) is 30.4 Å². The van der Waals surface area contributed by atoms with E-state index in [1.165, 1.54) is 43.6 Å². The molecule has 13 heteroatoms. The van der Waals surface area contributed by atoms with E-state index in [9.17, 15) is 22.8 Å². The Labute approximate surface area is 263 Å². The summed E-state index contributed by atoms with van der Waals surface area (Å²) in [4.78, 5) is 39.8. The Morgan fingerprint density at radius 3 is 2.25 bits per heavy atom. The van der Waals surface area contributed by atoms with Gasteiger partial charge in [-0.15, -0.1) is 11.3 Å². The maximum Gasteiger partial charge on any atom is 0.348 e. The van der Waals surface area contributed by atoms with E-state index in [1.54, 1.807) is 48.5 Å². The van der Waals surface area contributed by atoms with Gasteiger partial charge in [-0.2, -0.15) is 8.42 Å². The largest absolute Gasteiger partial charge is 0.468 e. The van der Waals surface area contributed by atoms with Crippen LogP contribution in [-0.4, -0.2) is 49.4 Å². The van der Waals surface area contributed by atoms with Crippen LogP contribution in [0, 0.1) is 0 Å². The van der Waals surface area contributed by atoms with Gasteiger partial charge in [-0.25, -0.2) is 9.59 Å². The van der Waals surface area contributed by atoms with Crippen LogP contribution in [0.15, 0.2) is 89.8 Å².